The summed E-state index contributed by atoms with van der Waals surface area (Å²) in [7, 11) is -7.00. The molecule has 0 aliphatic rings. The van der Waals surface area contributed by atoms with Crippen molar-refractivity contribution in [3.63, 3.8) is 0 Å². The van der Waals surface area contributed by atoms with Crippen molar-refractivity contribution in [2.75, 3.05) is 18.5 Å². The van der Waals surface area contributed by atoms with E-state index >= 15 is 0 Å². The highest BCUT2D eigenvalue weighted by atomic mass is 32.2. The Morgan fingerprint density at radius 1 is 1.15 bits per heavy atom. The number of sulfone groups is 1. The van der Waals surface area contributed by atoms with Crippen LogP contribution in [0, 0.1) is 0 Å². The van der Waals surface area contributed by atoms with Crippen LogP contribution in [0.5, 0.6) is 0 Å². The first-order chi connectivity index (χ1) is 8.95. The molecule has 114 valence electrons. The van der Waals surface area contributed by atoms with Crippen molar-refractivity contribution in [1.29, 1.82) is 0 Å². The van der Waals surface area contributed by atoms with Crippen molar-refractivity contribution in [3.05, 3.63) is 29.8 Å². The molecular formula is C12H20N2O4S2. The molecule has 1 aromatic rings. The summed E-state index contributed by atoms with van der Waals surface area (Å²) in [6, 6.07) is 6.65. The van der Waals surface area contributed by atoms with Gasteiger partial charge in [-0.15, -0.1) is 0 Å². The molecule has 6 nitrogen and oxygen atoms in total. The first-order valence-corrected chi connectivity index (χ1v) is 9.49. The first kappa shape index (κ1) is 16.9. The van der Waals surface area contributed by atoms with Crippen molar-refractivity contribution in [2.45, 2.75) is 24.3 Å². The number of rotatable bonds is 6. The van der Waals surface area contributed by atoms with Crippen LogP contribution < -0.4 is 10.5 Å². The summed E-state index contributed by atoms with van der Waals surface area (Å²) >= 11 is 0. The second-order valence-corrected chi connectivity index (χ2v) is 9.77. The van der Waals surface area contributed by atoms with E-state index in [2.05, 4.69) is 4.72 Å². The summed E-state index contributed by atoms with van der Waals surface area (Å²) in [4.78, 5) is 0. The van der Waals surface area contributed by atoms with E-state index in [0.717, 1.165) is 6.26 Å². The number of para-hydroxylation sites is 1. The summed E-state index contributed by atoms with van der Waals surface area (Å²) in [5.41, 5.74) is 6.56. The third kappa shape index (κ3) is 4.46. The lowest BCUT2D eigenvalue weighted by atomic mass is 10.2. The van der Waals surface area contributed by atoms with Gasteiger partial charge in [0.25, 0.3) is 0 Å². The topological polar surface area (TPSA) is 106 Å². The average molecular weight is 320 g/mol. The molecule has 0 heterocycles. The van der Waals surface area contributed by atoms with Gasteiger partial charge in [0.15, 0.2) is 9.84 Å². The summed E-state index contributed by atoms with van der Waals surface area (Å²) in [5.74, 6) is -0.278. The molecule has 1 rings (SSSR count). The van der Waals surface area contributed by atoms with Gasteiger partial charge >= 0.3 is 0 Å². The third-order valence-corrected chi connectivity index (χ3v) is 6.55. The van der Waals surface area contributed by atoms with Gasteiger partial charge in [-0.1, -0.05) is 18.2 Å². The highest BCUT2D eigenvalue weighted by Crippen LogP contribution is 2.16. The summed E-state index contributed by atoms with van der Waals surface area (Å²) in [6.45, 7) is 2.77. The fraction of sp³-hybridized carbons (Fsp3) is 0.500. The van der Waals surface area contributed by atoms with E-state index in [9.17, 15) is 16.8 Å². The van der Waals surface area contributed by atoms with Crippen LogP contribution in [0.4, 0.5) is 5.69 Å². The fourth-order valence-electron chi connectivity index (χ4n) is 1.34. The van der Waals surface area contributed by atoms with Crippen LogP contribution in [0.1, 0.15) is 19.4 Å². The molecule has 0 spiro atoms. The Kier molecular flexibility index (Phi) is 4.83. The molecule has 3 N–H and O–H groups in total. The molecule has 0 aromatic heterocycles. The lowest BCUT2D eigenvalue weighted by molar-refractivity contribution is 0.537. The van der Waals surface area contributed by atoms with Gasteiger partial charge in [-0.3, -0.25) is 0 Å². The maximum atomic E-state index is 12.0. The van der Waals surface area contributed by atoms with E-state index in [1.807, 2.05) is 0 Å². The summed E-state index contributed by atoms with van der Waals surface area (Å²) in [6.07, 6.45) is 1.08. The minimum atomic E-state index is -3.65. The Labute approximate surface area is 120 Å². The van der Waals surface area contributed by atoms with Crippen molar-refractivity contribution in [2.24, 2.45) is 0 Å². The van der Waals surface area contributed by atoms with Crippen LogP contribution in [0.2, 0.25) is 0 Å². The van der Waals surface area contributed by atoms with Crippen LogP contribution in [0.25, 0.3) is 0 Å². The van der Waals surface area contributed by atoms with E-state index in [0.29, 0.717) is 11.3 Å². The van der Waals surface area contributed by atoms with Crippen LogP contribution in [0.3, 0.4) is 0 Å². The van der Waals surface area contributed by atoms with Gasteiger partial charge in [-0.25, -0.2) is 21.6 Å². The summed E-state index contributed by atoms with van der Waals surface area (Å²) in [5, 5.41) is 0. The molecule has 0 aliphatic carbocycles. The zero-order valence-corrected chi connectivity index (χ0v) is 13.4. The fourth-order valence-corrected chi connectivity index (χ4v) is 3.12. The Morgan fingerprint density at radius 3 is 2.20 bits per heavy atom. The van der Waals surface area contributed by atoms with Gasteiger partial charge in [0.05, 0.1) is 10.5 Å². The van der Waals surface area contributed by atoms with Crippen LogP contribution in [-0.4, -0.2) is 34.4 Å². The SMILES string of the molecule is CC(C)(CNS(=O)(=O)Cc1ccccc1N)S(C)(=O)=O. The smallest absolute Gasteiger partial charge is 0.215 e. The monoisotopic (exact) mass is 320 g/mol. The van der Waals surface area contributed by atoms with E-state index in [1.54, 1.807) is 24.3 Å². The lowest BCUT2D eigenvalue weighted by Gasteiger charge is -2.22. The van der Waals surface area contributed by atoms with Gasteiger partial charge in [0.1, 0.15) is 0 Å². The number of sulfonamides is 1. The highest BCUT2D eigenvalue weighted by Gasteiger charge is 2.31. The maximum Gasteiger partial charge on any atom is 0.215 e. The molecule has 0 unspecified atom stereocenters. The largest absolute Gasteiger partial charge is 0.398 e. The lowest BCUT2D eigenvalue weighted by Crippen LogP contribution is -2.44. The Hall–Kier alpha value is -1.12. The number of benzene rings is 1. The maximum absolute atomic E-state index is 12.0. The zero-order chi connectivity index (χ0) is 15.6. The molecule has 20 heavy (non-hydrogen) atoms. The minimum absolute atomic E-state index is 0.180. The Morgan fingerprint density at radius 2 is 1.70 bits per heavy atom. The van der Waals surface area contributed by atoms with Crippen LogP contribution in [0.15, 0.2) is 24.3 Å². The highest BCUT2D eigenvalue weighted by molar-refractivity contribution is 7.92. The van der Waals surface area contributed by atoms with Gasteiger partial charge in [0.2, 0.25) is 10.0 Å². The third-order valence-electron chi connectivity index (χ3n) is 3.12. The standard InChI is InChI=1S/C12H20N2O4S2/c1-12(2,19(3,15)16)9-14-20(17,18)8-10-6-4-5-7-11(10)13/h4-7,14H,8-9,13H2,1-3H3. The number of nitrogen functional groups attached to an aromatic ring is 1. The molecule has 8 heteroatoms. The van der Waals surface area contributed by atoms with Gasteiger partial charge in [0, 0.05) is 18.5 Å². The molecule has 1 aromatic carbocycles. The Balaban J connectivity index is 2.80. The number of nitrogens with two attached hydrogens (primary N) is 1. The molecule has 0 saturated heterocycles. The zero-order valence-electron chi connectivity index (χ0n) is 11.8. The summed E-state index contributed by atoms with van der Waals surface area (Å²) < 4.78 is 48.1. The molecule has 0 amide bonds. The van der Waals surface area contributed by atoms with Gasteiger partial charge in [-0.2, -0.15) is 0 Å². The van der Waals surface area contributed by atoms with Gasteiger partial charge in [-0.05, 0) is 25.5 Å². The molecule has 0 aliphatic heterocycles. The molecule has 0 atom stereocenters. The molecule has 0 fully saturated rings. The van der Waals surface area contributed by atoms with E-state index in [-0.39, 0.29) is 12.3 Å². The quantitative estimate of drug-likeness (QED) is 0.743. The second kappa shape index (κ2) is 5.71. The van der Waals surface area contributed by atoms with Crippen LogP contribution in [-0.2, 0) is 25.6 Å². The number of anilines is 1. The molecule has 0 radical (unpaired) electrons. The van der Waals surface area contributed by atoms with Crippen molar-refractivity contribution in [1.82, 2.24) is 4.72 Å². The normalized spacial score (nSPS) is 13.3. The van der Waals surface area contributed by atoms with E-state index in [1.165, 1.54) is 13.8 Å². The van der Waals surface area contributed by atoms with Crippen molar-refractivity contribution in [3.8, 4) is 0 Å². The van der Waals surface area contributed by atoms with E-state index in [4.69, 9.17) is 5.73 Å². The van der Waals surface area contributed by atoms with E-state index < -0.39 is 24.6 Å². The predicted octanol–water partition coefficient (Wildman–Crippen LogP) is 0.511. The molecule has 0 saturated carbocycles. The number of nitrogens with one attached hydrogen (secondary N) is 1. The second-order valence-electron chi connectivity index (χ2n) is 5.31. The molecular weight excluding hydrogens is 300 g/mol. The average Bonchev–Trinajstić information content (AvgIpc) is 2.28. The van der Waals surface area contributed by atoms with Gasteiger partial charge < -0.3 is 5.73 Å². The minimum Gasteiger partial charge on any atom is -0.398 e. The predicted molar refractivity (Wildman–Crippen MR) is 80.4 cm³/mol. The Bertz CT molecular complexity index is 679. The van der Waals surface area contributed by atoms with Crippen molar-refractivity contribution < 1.29 is 16.8 Å². The first-order valence-electron chi connectivity index (χ1n) is 5.95. The van der Waals surface area contributed by atoms with Crippen molar-refractivity contribution >= 4 is 25.5 Å². The number of hydrogen-bond donors (Lipinski definition) is 2. The number of hydrogen-bond acceptors (Lipinski definition) is 5. The molecule has 0 bridgehead atoms. The van der Waals surface area contributed by atoms with Crippen LogP contribution >= 0.6 is 0 Å².